The van der Waals surface area contributed by atoms with Gasteiger partial charge in [-0.1, -0.05) is 0 Å². The highest BCUT2D eigenvalue weighted by Gasteiger charge is 2.29. The van der Waals surface area contributed by atoms with Crippen LogP contribution in [-0.2, 0) is 4.79 Å². The van der Waals surface area contributed by atoms with Crippen molar-refractivity contribution in [2.45, 2.75) is 0 Å². The number of amides is 1. The van der Waals surface area contributed by atoms with E-state index in [4.69, 9.17) is 4.74 Å². The Kier molecular flexibility index (Phi) is 3.46. The number of carbonyl (C=O) groups excluding carboxylic acids is 1. The molecule has 0 saturated carbocycles. The Morgan fingerprint density at radius 1 is 1.18 bits per heavy atom. The van der Waals surface area contributed by atoms with Crippen LogP contribution in [0.1, 0.15) is 5.69 Å². The van der Waals surface area contributed by atoms with E-state index in [1.54, 1.807) is 19.2 Å². The first-order valence-corrected chi connectivity index (χ1v) is 6.49. The lowest BCUT2D eigenvalue weighted by Crippen LogP contribution is -2.21. The van der Waals surface area contributed by atoms with E-state index in [0.717, 1.165) is 0 Å². The molecule has 1 aromatic heterocycles. The number of likely N-dealkylation sites (N-methyl/N-ethyl adjacent to an activating group) is 1. The van der Waals surface area contributed by atoms with Gasteiger partial charge in [-0.2, -0.15) is 0 Å². The molecule has 0 spiro atoms. The number of rotatable bonds is 3. The fraction of sp³-hybridized carbons (Fsp3) is 0.133. The lowest BCUT2D eigenvalue weighted by Gasteiger charge is -2.07. The molecule has 22 heavy (non-hydrogen) atoms. The zero-order valence-corrected chi connectivity index (χ0v) is 11.7. The monoisotopic (exact) mass is 301 g/mol. The Morgan fingerprint density at radius 2 is 1.91 bits per heavy atom. The first-order chi connectivity index (χ1) is 10.5. The fourth-order valence-corrected chi connectivity index (χ4v) is 2.05. The molecule has 0 saturated heterocycles. The van der Waals surface area contributed by atoms with E-state index in [9.17, 15) is 14.3 Å². The summed E-state index contributed by atoms with van der Waals surface area (Å²) in [5, 5.41) is 17.6. The SMILES string of the molecule is CN1CC(c2ccc(Oc3ccc(F)cc3)nn2)=C(O)C1=O. The highest BCUT2D eigenvalue weighted by Crippen LogP contribution is 2.25. The molecular formula is C15H12FN3O3. The number of benzene rings is 1. The summed E-state index contributed by atoms with van der Waals surface area (Å²) in [5.74, 6) is -0.451. The summed E-state index contributed by atoms with van der Waals surface area (Å²) in [5.41, 5.74) is 0.829. The van der Waals surface area contributed by atoms with Crippen molar-refractivity contribution in [3.8, 4) is 11.6 Å². The first kappa shape index (κ1) is 14.0. The van der Waals surface area contributed by atoms with Crippen LogP contribution < -0.4 is 4.74 Å². The highest BCUT2D eigenvalue weighted by atomic mass is 19.1. The molecule has 0 radical (unpaired) electrons. The van der Waals surface area contributed by atoms with E-state index in [2.05, 4.69) is 10.2 Å². The fourth-order valence-electron chi connectivity index (χ4n) is 2.05. The second-order valence-electron chi connectivity index (χ2n) is 4.80. The Bertz CT molecular complexity index is 742. The van der Waals surface area contributed by atoms with Crippen LogP contribution >= 0.6 is 0 Å². The summed E-state index contributed by atoms with van der Waals surface area (Å²) in [6.07, 6.45) is 0. The van der Waals surface area contributed by atoms with Gasteiger partial charge in [-0.15, -0.1) is 10.2 Å². The number of aliphatic hydroxyl groups excluding tert-OH is 1. The molecule has 1 aromatic carbocycles. The van der Waals surface area contributed by atoms with Crippen molar-refractivity contribution in [1.29, 1.82) is 0 Å². The zero-order valence-electron chi connectivity index (χ0n) is 11.7. The van der Waals surface area contributed by atoms with Crippen molar-refractivity contribution in [2.24, 2.45) is 0 Å². The number of aromatic nitrogens is 2. The molecule has 2 heterocycles. The average Bonchev–Trinajstić information content (AvgIpc) is 2.78. The number of nitrogens with zero attached hydrogens (tertiary/aromatic N) is 3. The molecule has 7 heteroatoms. The average molecular weight is 301 g/mol. The predicted molar refractivity (Wildman–Crippen MR) is 75.7 cm³/mol. The molecule has 1 aliphatic heterocycles. The minimum absolute atomic E-state index is 0.230. The van der Waals surface area contributed by atoms with Crippen molar-refractivity contribution < 1.29 is 19.0 Å². The minimum atomic E-state index is -0.441. The smallest absolute Gasteiger partial charge is 0.289 e. The van der Waals surface area contributed by atoms with Gasteiger partial charge in [0.25, 0.3) is 5.91 Å². The maximum Gasteiger partial charge on any atom is 0.289 e. The molecule has 6 nitrogen and oxygen atoms in total. The third-order valence-electron chi connectivity index (χ3n) is 3.22. The first-order valence-electron chi connectivity index (χ1n) is 6.49. The van der Waals surface area contributed by atoms with Crippen LogP contribution in [0.3, 0.4) is 0 Å². The quantitative estimate of drug-likeness (QED) is 0.940. The summed E-state index contributed by atoms with van der Waals surface area (Å²) in [6.45, 7) is 0.275. The van der Waals surface area contributed by atoms with Crippen molar-refractivity contribution >= 4 is 11.5 Å². The maximum atomic E-state index is 12.8. The number of hydrogen-bond acceptors (Lipinski definition) is 5. The van der Waals surface area contributed by atoms with Crippen LogP contribution in [0.4, 0.5) is 4.39 Å². The molecule has 112 valence electrons. The second kappa shape index (κ2) is 5.44. The summed E-state index contributed by atoms with van der Waals surface area (Å²) in [4.78, 5) is 12.9. The van der Waals surface area contributed by atoms with Crippen LogP contribution in [0, 0.1) is 5.82 Å². The van der Waals surface area contributed by atoms with Gasteiger partial charge >= 0.3 is 0 Å². The Balaban J connectivity index is 1.79. The summed E-state index contributed by atoms with van der Waals surface area (Å²) in [6, 6.07) is 8.67. The van der Waals surface area contributed by atoms with Crippen LogP contribution in [0.25, 0.3) is 5.57 Å². The number of carbonyl (C=O) groups is 1. The van der Waals surface area contributed by atoms with E-state index in [-0.39, 0.29) is 24.0 Å². The predicted octanol–water partition coefficient (Wildman–Crippen LogP) is 2.15. The van der Waals surface area contributed by atoms with Gasteiger partial charge in [0.15, 0.2) is 5.76 Å². The van der Waals surface area contributed by atoms with Crippen LogP contribution in [-0.4, -0.2) is 39.7 Å². The van der Waals surface area contributed by atoms with Gasteiger partial charge in [0.05, 0.1) is 12.2 Å². The Morgan fingerprint density at radius 3 is 2.45 bits per heavy atom. The molecule has 2 aromatic rings. The molecule has 0 unspecified atom stereocenters. The molecule has 1 N–H and O–H groups in total. The van der Waals surface area contributed by atoms with E-state index in [1.807, 2.05) is 0 Å². The highest BCUT2D eigenvalue weighted by molar-refractivity contribution is 6.03. The molecule has 3 rings (SSSR count). The van der Waals surface area contributed by atoms with Gasteiger partial charge in [-0.05, 0) is 30.3 Å². The standard InChI is InChI=1S/C15H12FN3O3/c1-19-8-11(14(20)15(19)21)12-6-7-13(18-17-12)22-10-4-2-9(16)3-5-10/h2-7,20H,8H2,1H3. The Hall–Kier alpha value is -2.96. The van der Waals surface area contributed by atoms with Crippen LogP contribution in [0.15, 0.2) is 42.2 Å². The van der Waals surface area contributed by atoms with Gasteiger partial charge in [0.2, 0.25) is 5.88 Å². The van der Waals surface area contributed by atoms with Crippen molar-refractivity contribution in [3.05, 3.63) is 53.7 Å². The zero-order chi connectivity index (χ0) is 15.7. The van der Waals surface area contributed by atoms with Crippen LogP contribution in [0.2, 0.25) is 0 Å². The molecule has 0 atom stereocenters. The Labute approximate surface area is 125 Å². The van der Waals surface area contributed by atoms with E-state index < -0.39 is 5.91 Å². The van der Waals surface area contributed by atoms with Gasteiger partial charge < -0.3 is 14.7 Å². The largest absolute Gasteiger partial charge is 0.503 e. The topological polar surface area (TPSA) is 75.6 Å². The number of ether oxygens (including phenoxy) is 1. The summed E-state index contributed by atoms with van der Waals surface area (Å²) >= 11 is 0. The van der Waals surface area contributed by atoms with Gasteiger partial charge in [-0.3, -0.25) is 4.79 Å². The molecule has 1 aliphatic rings. The number of aliphatic hydroxyl groups is 1. The van der Waals surface area contributed by atoms with E-state index >= 15 is 0 Å². The van der Waals surface area contributed by atoms with Gasteiger partial charge in [0, 0.05) is 18.7 Å². The van der Waals surface area contributed by atoms with Crippen molar-refractivity contribution in [2.75, 3.05) is 13.6 Å². The molecule has 0 bridgehead atoms. The molecular weight excluding hydrogens is 289 g/mol. The van der Waals surface area contributed by atoms with Crippen molar-refractivity contribution in [1.82, 2.24) is 15.1 Å². The maximum absolute atomic E-state index is 12.8. The lowest BCUT2D eigenvalue weighted by atomic mass is 10.2. The third-order valence-corrected chi connectivity index (χ3v) is 3.22. The van der Waals surface area contributed by atoms with Gasteiger partial charge in [-0.25, -0.2) is 4.39 Å². The normalized spacial score (nSPS) is 14.6. The number of hydrogen-bond donors (Lipinski definition) is 1. The molecule has 0 aliphatic carbocycles. The molecule has 0 fully saturated rings. The molecule has 1 amide bonds. The summed E-state index contributed by atoms with van der Waals surface area (Å²) < 4.78 is 18.2. The minimum Gasteiger partial charge on any atom is -0.503 e. The third kappa shape index (κ3) is 2.60. The van der Waals surface area contributed by atoms with Crippen LogP contribution in [0.5, 0.6) is 11.6 Å². The second-order valence-corrected chi connectivity index (χ2v) is 4.80. The lowest BCUT2D eigenvalue weighted by molar-refractivity contribution is -0.126. The number of halogens is 1. The van der Waals surface area contributed by atoms with E-state index in [0.29, 0.717) is 17.0 Å². The van der Waals surface area contributed by atoms with Gasteiger partial charge in [0.1, 0.15) is 11.6 Å². The summed E-state index contributed by atoms with van der Waals surface area (Å²) in [7, 11) is 1.59. The van der Waals surface area contributed by atoms with Crippen molar-refractivity contribution in [3.63, 3.8) is 0 Å². The van der Waals surface area contributed by atoms with E-state index in [1.165, 1.54) is 29.2 Å².